The second-order valence-electron chi connectivity index (χ2n) is 8.45. The number of amides is 2. The number of rotatable bonds is 7. The molecule has 1 unspecified atom stereocenters. The first-order valence-electron chi connectivity index (χ1n) is 11.6. The molecule has 0 saturated carbocycles. The summed E-state index contributed by atoms with van der Waals surface area (Å²) in [5.74, 6) is -0.335. The maximum absolute atomic E-state index is 12.8. The van der Waals surface area contributed by atoms with Gasteiger partial charge in [0.2, 0.25) is 5.91 Å². The number of thioether (sulfide) groups is 1. The number of nitrogens with one attached hydrogen (secondary N) is 2. The van der Waals surface area contributed by atoms with Crippen LogP contribution in [-0.2, 0) is 4.79 Å². The molecule has 1 atom stereocenters. The molecule has 5 aromatic rings. The summed E-state index contributed by atoms with van der Waals surface area (Å²) in [6.07, 6.45) is 0. The van der Waals surface area contributed by atoms with Crippen molar-refractivity contribution in [1.29, 1.82) is 0 Å². The minimum Gasteiger partial charge on any atom is -0.322 e. The summed E-state index contributed by atoms with van der Waals surface area (Å²) >= 11 is 15.0. The Hall–Kier alpha value is -3.36. The summed E-state index contributed by atoms with van der Waals surface area (Å²) in [7, 11) is 0. The average molecular weight is 579 g/mol. The number of halogens is 2. The van der Waals surface area contributed by atoms with E-state index in [-0.39, 0.29) is 17.1 Å². The molecule has 2 amide bonds. The molecule has 0 saturated heterocycles. The van der Waals surface area contributed by atoms with E-state index in [1.165, 1.54) is 23.1 Å². The average Bonchev–Trinajstić information content (AvgIpc) is 3.37. The molecule has 0 radical (unpaired) electrons. The summed E-state index contributed by atoms with van der Waals surface area (Å²) < 4.78 is 0. The molecule has 0 aliphatic carbocycles. The molecule has 5 nitrogen and oxygen atoms in total. The fourth-order valence-corrected chi connectivity index (χ4v) is 5.85. The highest BCUT2D eigenvalue weighted by atomic mass is 35.5. The van der Waals surface area contributed by atoms with Crippen molar-refractivity contribution in [3.8, 4) is 11.3 Å². The van der Waals surface area contributed by atoms with E-state index in [0.717, 1.165) is 21.2 Å². The number of hydrogen-bond donors (Lipinski definition) is 2. The van der Waals surface area contributed by atoms with Gasteiger partial charge in [0.05, 0.1) is 16.0 Å². The van der Waals surface area contributed by atoms with Gasteiger partial charge in [0.25, 0.3) is 5.91 Å². The van der Waals surface area contributed by atoms with Gasteiger partial charge >= 0.3 is 0 Å². The van der Waals surface area contributed by atoms with Crippen LogP contribution in [0.25, 0.3) is 22.0 Å². The van der Waals surface area contributed by atoms with Gasteiger partial charge < -0.3 is 10.6 Å². The fourth-order valence-electron chi connectivity index (χ4n) is 3.77. The van der Waals surface area contributed by atoms with Crippen molar-refractivity contribution in [3.63, 3.8) is 0 Å². The molecule has 0 aliphatic rings. The number of fused-ring (bicyclic) bond motifs is 1. The number of hydrogen-bond acceptors (Lipinski definition) is 5. The number of nitrogens with zero attached hydrogens (tertiary/aromatic N) is 1. The van der Waals surface area contributed by atoms with Gasteiger partial charge in [-0.1, -0.05) is 53.5 Å². The van der Waals surface area contributed by atoms with Crippen molar-refractivity contribution >= 4 is 79.7 Å². The van der Waals surface area contributed by atoms with Crippen molar-refractivity contribution in [2.24, 2.45) is 0 Å². The van der Waals surface area contributed by atoms with Crippen LogP contribution < -0.4 is 10.6 Å². The van der Waals surface area contributed by atoms with Gasteiger partial charge in [-0.3, -0.25) is 9.59 Å². The van der Waals surface area contributed by atoms with E-state index >= 15 is 0 Å². The highest BCUT2D eigenvalue weighted by molar-refractivity contribution is 8.00. The number of thiazole rings is 1. The van der Waals surface area contributed by atoms with Crippen LogP contribution in [0.1, 0.15) is 17.3 Å². The van der Waals surface area contributed by atoms with Crippen LogP contribution in [0.2, 0.25) is 10.0 Å². The second kappa shape index (κ2) is 11.6. The lowest BCUT2D eigenvalue weighted by molar-refractivity contribution is -0.115. The van der Waals surface area contributed by atoms with Gasteiger partial charge in [0.15, 0.2) is 5.13 Å². The van der Waals surface area contributed by atoms with Crippen LogP contribution in [0.5, 0.6) is 0 Å². The van der Waals surface area contributed by atoms with Gasteiger partial charge in [-0.15, -0.1) is 23.1 Å². The zero-order chi connectivity index (χ0) is 26.6. The van der Waals surface area contributed by atoms with E-state index in [1.807, 2.05) is 79.0 Å². The third kappa shape index (κ3) is 6.19. The lowest BCUT2D eigenvalue weighted by atomic mass is 10.1. The topological polar surface area (TPSA) is 71.1 Å². The predicted octanol–water partition coefficient (Wildman–Crippen LogP) is 8.64. The lowest BCUT2D eigenvalue weighted by Gasteiger charge is -2.11. The van der Waals surface area contributed by atoms with Gasteiger partial charge in [-0.2, -0.15) is 0 Å². The molecule has 0 bridgehead atoms. The summed E-state index contributed by atoms with van der Waals surface area (Å²) in [4.78, 5) is 30.9. The van der Waals surface area contributed by atoms with E-state index < -0.39 is 0 Å². The monoisotopic (exact) mass is 577 g/mol. The highest BCUT2D eigenvalue weighted by Gasteiger charge is 2.17. The number of carbonyl (C=O) groups excluding carboxylic acids is 2. The van der Waals surface area contributed by atoms with Crippen molar-refractivity contribution in [3.05, 3.63) is 106 Å². The zero-order valence-electron chi connectivity index (χ0n) is 20.1. The SMILES string of the molecule is CC(Sc1ccc(NC(=O)c2ccc3ccccc3c2)cc1)C(=O)Nc1nc(-c2ccc(Cl)cc2Cl)cs1. The molecule has 5 rings (SSSR count). The Morgan fingerprint density at radius 2 is 1.66 bits per heavy atom. The molecule has 0 aliphatic heterocycles. The zero-order valence-corrected chi connectivity index (χ0v) is 23.2. The van der Waals surface area contributed by atoms with Crippen molar-refractivity contribution in [1.82, 2.24) is 4.98 Å². The van der Waals surface area contributed by atoms with E-state index in [0.29, 0.717) is 32.1 Å². The molecule has 1 heterocycles. The first kappa shape index (κ1) is 26.3. The Morgan fingerprint density at radius 3 is 2.42 bits per heavy atom. The van der Waals surface area contributed by atoms with Crippen molar-refractivity contribution in [2.45, 2.75) is 17.1 Å². The quantitative estimate of drug-likeness (QED) is 0.190. The van der Waals surface area contributed by atoms with Gasteiger partial charge in [-0.05, 0) is 72.3 Å². The van der Waals surface area contributed by atoms with Crippen LogP contribution in [-0.4, -0.2) is 22.0 Å². The first-order valence-corrected chi connectivity index (χ1v) is 14.2. The van der Waals surface area contributed by atoms with E-state index in [2.05, 4.69) is 15.6 Å². The van der Waals surface area contributed by atoms with E-state index in [1.54, 1.807) is 18.2 Å². The summed E-state index contributed by atoms with van der Waals surface area (Å²) in [5, 5.41) is 10.9. The largest absolute Gasteiger partial charge is 0.322 e. The van der Waals surface area contributed by atoms with Gasteiger partial charge in [0, 0.05) is 32.1 Å². The van der Waals surface area contributed by atoms with Crippen LogP contribution in [0.4, 0.5) is 10.8 Å². The van der Waals surface area contributed by atoms with Crippen LogP contribution >= 0.6 is 46.3 Å². The summed E-state index contributed by atoms with van der Waals surface area (Å²) in [5.41, 5.74) is 2.70. The number of benzene rings is 4. The maximum atomic E-state index is 12.8. The Bertz CT molecular complexity index is 1640. The first-order chi connectivity index (χ1) is 18.4. The molecular formula is C29H21Cl2N3O2S2. The maximum Gasteiger partial charge on any atom is 0.255 e. The standard InChI is InChI=1S/C29H21Cl2N3O2S2/c1-17(27(35)34-29-33-26(16-37-29)24-13-8-21(30)15-25(24)31)38-23-11-9-22(10-12-23)32-28(36)20-7-6-18-4-2-3-5-19(18)14-20/h2-17H,1H3,(H,32,36)(H,33,34,35). The minimum atomic E-state index is -0.362. The van der Waals surface area contributed by atoms with Crippen LogP contribution in [0.15, 0.2) is 95.2 Å². The highest BCUT2D eigenvalue weighted by Crippen LogP contribution is 2.33. The van der Waals surface area contributed by atoms with Gasteiger partial charge in [0.1, 0.15) is 0 Å². The van der Waals surface area contributed by atoms with E-state index in [9.17, 15) is 9.59 Å². The predicted molar refractivity (Wildman–Crippen MR) is 160 cm³/mol. The molecule has 4 aromatic carbocycles. The fraction of sp³-hybridized carbons (Fsp3) is 0.0690. The molecule has 2 N–H and O–H groups in total. The van der Waals surface area contributed by atoms with Crippen molar-refractivity contribution in [2.75, 3.05) is 10.6 Å². The third-order valence-electron chi connectivity index (χ3n) is 5.75. The molecule has 1 aromatic heterocycles. The third-order valence-corrected chi connectivity index (χ3v) is 8.16. The lowest BCUT2D eigenvalue weighted by Crippen LogP contribution is -2.22. The normalized spacial score (nSPS) is 11.8. The molecular weight excluding hydrogens is 557 g/mol. The second-order valence-corrected chi connectivity index (χ2v) is 11.6. The molecule has 190 valence electrons. The Kier molecular flexibility index (Phi) is 8.00. The number of carbonyl (C=O) groups is 2. The molecule has 38 heavy (non-hydrogen) atoms. The van der Waals surface area contributed by atoms with Crippen LogP contribution in [0, 0.1) is 0 Å². The molecule has 0 spiro atoms. The number of aromatic nitrogens is 1. The number of anilines is 2. The van der Waals surface area contributed by atoms with Gasteiger partial charge in [-0.25, -0.2) is 4.98 Å². The van der Waals surface area contributed by atoms with Crippen LogP contribution in [0.3, 0.4) is 0 Å². The Balaban J connectivity index is 1.17. The molecule has 0 fully saturated rings. The summed E-state index contributed by atoms with van der Waals surface area (Å²) in [6.45, 7) is 1.83. The summed E-state index contributed by atoms with van der Waals surface area (Å²) in [6, 6.07) is 26.2. The molecule has 9 heteroatoms. The smallest absolute Gasteiger partial charge is 0.255 e. The minimum absolute atomic E-state index is 0.160. The van der Waals surface area contributed by atoms with Crippen molar-refractivity contribution < 1.29 is 9.59 Å². The van der Waals surface area contributed by atoms with E-state index in [4.69, 9.17) is 23.2 Å². The Morgan fingerprint density at radius 1 is 0.895 bits per heavy atom. The Labute approximate surface area is 238 Å².